The van der Waals surface area contributed by atoms with Gasteiger partial charge in [-0.15, -0.1) is 0 Å². The van der Waals surface area contributed by atoms with Crippen molar-refractivity contribution in [1.29, 1.82) is 0 Å². The van der Waals surface area contributed by atoms with Gasteiger partial charge in [-0.05, 0) is 37.5 Å². The second-order valence-electron chi connectivity index (χ2n) is 7.35. The predicted octanol–water partition coefficient (Wildman–Crippen LogP) is 4.98. The number of aromatic nitrogens is 2. The zero-order chi connectivity index (χ0) is 20.9. The first-order chi connectivity index (χ1) is 14.6. The summed E-state index contributed by atoms with van der Waals surface area (Å²) in [6.07, 6.45) is 3.17. The number of ether oxygens (including phenoxy) is 1. The SMILES string of the molecule is O=C(CCCSc1nc2cc(Cl)ccc2c(=O)n1CC1CCCO1)c1ccccc1. The standard InChI is InChI=1S/C23H23ClN2O3S/c24-17-10-11-19-20(14-17)25-23(26(22(19)28)15-18-8-4-12-29-18)30-13-5-9-21(27)16-6-2-1-3-7-16/h1-3,6-7,10-11,14,18H,4-5,8-9,12-13,15H2. The first kappa shape index (κ1) is 21.1. The molecule has 5 nitrogen and oxygen atoms in total. The minimum atomic E-state index is -0.0740. The molecule has 1 aliphatic rings. The number of rotatable bonds is 8. The molecule has 4 rings (SSSR count). The molecule has 1 unspecified atom stereocenters. The predicted molar refractivity (Wildman–Crippen MR) is 121 cm³/mol. The summed E-state index contributed by atoms with van der Waals surface area (Å²) < 4.78 is 7.46. The Balaban J connectivity index is 1.50. The fraction of sp³-hybridized carbons (Fsp3) is 0.348. The van der Waals surface area contributed by atoms with Gasteiger partial charge in [-0.2, -0.15) is 0 Å². The first-order valence-corrected chi connectivity index (χ1v) is 11.5. The highest BCUT2D eigenvalue weighted by Gasteiger charge is 2.20. The van der Waals surface area contributed by atoms with Gasteiger partial charge in [0, 0.05) is 29.4 Å². The van der Waals surface area contributed by atoms with Crippen LogP contribution in [-0.4, -0.2) is 33.8 Å². The van der Waals surface area contributed by atoms with Gasteiger partial charge in [-0.3, -0.25) is 14.2 Å². The maximum atomic E-state index is 13.1. The van der Waals surface area contributed by atoms with E-state index in [1.165, 1.54) is 11.8 Å². The number of hydrogen-bond donors (Lipinski definition) is 0. The van der Waals surface area contributed by atoms with Crippen LogP contribution in [0.2, 0.25) is 5.02 Å². The molecule has 1 atom stereocenters. The molecule has 30 heavy (non-hydrogen) atoms. The fourth-order valence-electron chi connectivity index (χ4n) is 3.60. The van der Waals surface area contributed by atoms with E-state index in [2.05, 4.69) is 0 Å². The van der Waals surface area contributed by atoms with Crippen molar-refractivity contribution in [3.05, 3.63) is 69.5 Å². The lowest BCUT2D eigenvalue weighted by molar-refractivity contribution is 0.0937. The average Bonchev–Trinajstić information content (AvgIpc) is 3.27. The Morgan fingerprint density at radius 2 is 2.07 bits per heavy atom. The molecule has 2 heterocycles. The van der Waals surface area contributed by atoms with Crippen molar-refractivity contribution in [2.75, 3.05) is 12.4 Å². The van der Waals surface area contributed by atoms with Crippen molar-refractivity contribution in [3.63, 3.8) is 0 Å². The minimum absolute atomic E-state index is 0.0354. The molecule has 0 saturated carbocycles. The van der Waals surface area contributed by atoms with Crippen LogP contribution in [0.25, 0.3) is 10.9 Å². The third-order valence-electron chi connectivity index (χ3n) is 5.17. The van der Waals surface area contributed by atoms with Gasteiger partial charge in [0.2, 0.25) is 0 Å². The average molecular weight is 443 g/mol. The molecule has 0 amide bonds. The molecule has 3 aromatic rings. The van der Waals surface area contributed by atoms with Crippen LogP contribution in [0.4, 0.5) is 0 Å². The summed E-state index contributed by atoms with van der Waals surface area (Å²) in [7, 11) is 0. The number of nitrogens with zero attached hydrogens (tertiary/aromatic N) is 2. The molecule has 0 radical (unpaired) electrons. The van der Waals surface area contributed by atoms with Crippen LogP contribution in [0.15, 0.2) is 58.5 Å². The quantitative estimate of drug-likeness (QED) is 0.213. The van der Waals surface area contributed by atoms with Crippen molar-refractivity contribution < 1.29 is 9.53 Å². The molecule has 2 aromatic carbocycles. The Kier molecular flexibility index (Phi) is 6.87. The Labute approximate surface area is 184 Å². The van der Waals surface area contributed by atoms with E-state index in [-0.39, 0.29) is 17.4 Å². The van der Waals surface area contributed by atoms with Crippen molar-refractivity contribution in [3.8, 4) is 0 Å². The van der Waals surface area contributed by atoms with Crippen LogP contribution in [-0.2, 0) is 11.3 Å². The second kappa shape index (κ2) is 9.77. The lowest BCUT2D eigenvalue weighted by Crippen LogP contribution is -2.28. The van der Waals surface area contributed by atoms with Gasteiger partial charge in [-0.25, -0.2) is 4.98 Å². The molecule has 0 bridgehead atoms. The van der Waals surface area contributed by atoms with Crippen LogP contribution >= 0.6 is 23.4 Å². The molecule has 7 heteroatoms. The van der Waals surface area contributed by atoms with Gasteiger partial charge in [-0.1, -0.05) is 53.7 Å². The third-order valence-corrected chi connectivity index (χ3v) is 6.47. The van der Waals surface area contributed by atoms with E-state index >= 15 is 0 Å². The Bertz CT molecular complexity index is 1090. The van der Waals surface area contributed by atoms with E-state index in [1.807, 2.05) is 30.3 Å². The molecule has 0 N–H and O–H groups in total. The second-order valence-corrected chi connectivity index (χ2v) is 8.85. The largest absolute Gasteiger partial charge is 0.376 e. The maximum absolute atomic E-state index is 13.1. The Hall–Kier alpha value is -2.15. The zero-order valence-corrected chi connectivity index (χ0v) is 18.1. The van der Waals surface area contributed by atoms with Crippen molar-refractivity contribution in [2.24, 2.45) is 0 Å². The number of fused-ring (bicyclic) bond motifs is 1. The number of carbonyl (C=O) groups is 1. The lowest BCUT2D eigenvalue weighted by Gasteiger charge is -2.16. The molecule has 1 aliphatic heterocycles. The van der Waals surface area contributed by atoms with E-state index < -0.39 is 0 Å². The summed E-state index contributed by atoms with van der Waals surface area (Å²) in [5, 5.41) is 1.76. The van der Waals surface area contributed by atoms with E-state index in [1.54, 1.807) is 22.8 Å². The van der Waals surface area contributed by atoms with Crippen LogP contribution in [0, 0.1) is 0 Å². The number of hydrogen-bond acceptors (Lipinski definition) is 5. The smallest absolute Gasteiger partial charge is 0.262 e. The van der Waals surface area contributed by atoms with Crippen LogP contribution in [0.5, 0.6) is 0 Å². The molecule has 0 spiro atoms. The number of ketones is 1. The molecular weight excluding hydrogens is 420 g/mol. The molecule has 1 aromatic heterocycles. The van der Waals surface area contributed by atoms with E-state index in [0.29, 0.717) is 46.2 Å². The summed E-state index contributed by atoms with van der Waals surface area (Å²) in [6, 6.07) is 14.5. The zero-order valence-electron chi connectivity index (χ0n) is 16.6. The van der Waals surface area contributed by atoms with Crippen LogP contribution < -0.4 is 5.56 Å². The summed E-state index contributed by atoms with van der Waals surface area (Å²) >= 11 is 7.61. The highest BCUT2D eigenvalue weighted by atomic mass is 35.5. The van der Waals surface area contributed by atoms with E-state index in [4.69, 9.17) is 21.3 Å². The first-order valence-electron chi connectivity index (χ1n) is 10.1. The summed E-state index contributed by atoms with van der Waals surface area (Å²) in [4.78, 5) is 30.2. The van der Waals surface area contributed by atoms with Gasteiger partial charge in [0.25, 0.3) is 5.56 Å². The number of benzene rings is 2. The third kappa shape index (κ3) is 4.94. The fourth-order valence-corrected chi connectivity index (χ4v) is 4.72. The van der Waals surface area contributed by atoms with Crippen molar-refractivity contribution >= 4 is 40.0 Å². The van der Waals surface area contributed by atoms with E-state index in [0.717, 1.165) is 25.0 Å². The summed E-state index contributed by atoms with van der Waals surface area (Å²) in [5.74, 6) is 0.828. The Morgan fingerprint density at radius 3 is 2.83 bits per heavy atom. The topological polar surface area (TPSA) is 61.2 Å². The normalized spacial score (nSPS) is 16.2. The number of carbonyl (C=O) groups excluding carboxylic acids is 1. The van der Waals surface area contributed by atoms with Crippen molar-refractivity contribution in [2.45, 2.75) is 43.5 Å². The van der Waals surface area contributed by atoms with Gasteiger partial charge in [0.15, 0.2) is 10.9 Å². The van der Waals surface area contributed by atoms with Crippen LogP contribution in [0.1, 0.15) is 36.0 Å². The number of Topliss-reactive ketones (excluding diaryl/α,β-unsaturated/α-hetero) is 1. The number of thioether (sulfide) groups is 1. The lowest BCUT2D eigenvalue weighted by atomic mass is 10.1. The highest BCUT2D eigenvalue weighted by Crippen LogP contribution is 2.23. The van der Waals surface area contributed by atoms with Gasteiger partial charge in [0.05, 0.1) is 23.6 Å². The summed E-state index contributed by atoms with van der Waals surface area (Å²) in [6.45, 7) is 1.23. The minimum Gasteiger partial charge on any atom is -0.376 e. The van der Waals surface area contributed by atoms with Gasteiger partial charge in [0.1, 0.15) is 0 Å². The van der Waals surface area contributed by atoms with Crippen molar-refractivity contribution in [1.82, 2.24) is 9.55 Å². The van der Waals surface area contributed by atoms with Gasteiger partial charge >= 0.3 is 0 Å². The molecule has 1 saturated heterocycles. The molecular formula is C23H23ClN2O3S. The highest BCUT2D eigenvalue weighted by molar-refractivity contribution is 7.99. The van der Waals surface area contributed by atoms with Crippen LogP contribution in [0.3, 0.4) is 0 Å². The molecule has 156 valence electrons. The van der Waals surface area contributed by atoms with E-state index in [9.17, 15) is 9.59 Å². The molecule has 1 fully saturated rings. The van der Waals surface area contributed by atoms with Gasteiger partial charge < -0.3 is 4.74 Å². The number of halogens is 1. The monoisotopic (exact) mass is 442 g/mol. The Morgan fingerprint density at radius 1 is 1.23 bits per heavy atom. The summed E-state index contributed by atoms with van der Waals surface area (Å²) in [5.41, 5.74) is 1.25. The molecule has 0 aliphatic carbocycles. The maximum Gasteiger partial charge on any atom is 0.262 e.